The van der Waals surface area contributed by atoms with E-state index in [1.807, 2.05) is 42.6 Å². The van der Waals surface area contributed by atoms with Crippen LogP contribution in [-0.2, 0) is 0 Å². The topological polar surface area (TPSA) is 31.4 Å². The maximum absolute atomic E-state index is 5.46. The molecule has 106 valence electrons. The van der Waals surface area contributed by atoms with Crippen molar-refractivity contribution < 1.29 is 9.47 Å². The summed E-state index contributed by atoms with van der Waals surface area (Å²) >= 11 is 3.77. The van der Waals surface area contributed by atoms with Gasteiger partial charge in [-0.15, -0.1) is 0 Å². The van der Waals surface area contributed by atoms with E-state index in [0.29, 0.717) is 0 Å². The highest BCUT2D eigenvalue weighted by Crippen LogP contribution is 2.42. The van der Waals surface area contributed by atoms with Crippen molar-refractivity contribution in [3.8, 4) is 11.5 Å². The number of halogens is 1. The molecule has 0 radical (unpaired) electrons. The molecule has 0 aliphatic heterocycles. The molecule has 1 heterocycles. The van der Waals surface area contributed by atoms with Gasteiger partial charge in [-0.05, 0) is 18.2 Å². The molecule has 2 unspecified atom stereocenters. The zero-order valence-electron chi connectivity index (χ0n) is 11.8. The summed E-state index contributed by atoms with van der Waals surface area (Å²) in [7, 11) is 3.32. The molecule has 3 nitrogen and oxygen atoms in total. The standard InChI is InChI=1S/C16H18BrNO2/c1-11(14-6-4-5-9-18-14)16(17)13-8-7-12(19-2)10-15(13)20-3/h4-11,16H,1-3H3. The Kier molecular flexibility index (Phi) is 5.01. The summed E-state index contributed by atoms with van der Waals surface area (Å²) in [6.45, 7) is 2.14. The van der Waals surface area contributed by atoms with Gasteiger partial charge in [0.25, 0.3) is 0 Å². The van der Waals surface area contributed by atoms with Crippen LogP contribution in [0.3, 0.4) is 0 Å². The van der Waals surface area contributed by atoms with Gasteiger partial charge in [0, 0.05) is 29.4 Å². The van der Waals surface area contributed by atoms with E-state index in [1.165, 1.54) is 0 Å². The number of alkyl halides is 1. The molecule has 1 aromatic carbocycles. The first-order valence-electron chi connectivity index (χ1n) is 6.44. The van der Waals surface area contributed by atoms with Crippen molar-refractivity contribution >= 4 is 15.9 Å². The van der Waals surface area contributed by atoms with Crippen molar-refractivity contribution in [2.24, 2.45) is 0 Å². The molecular formula is C16H18BrNO2. The van der Waals surface area contributed by atoms with E-state index >= 15 is 0 Å². The number of aromatic nitrogens is 1. The molecule has 0 aliphatic carbocycles. The summed E-state index contributed by atoms with van der Waals surface area (Å²) in [5.74, 6) is 1.84. The highest BCUT2D eigenvalue weighted by molar-refractivity contribution is 9.09. The van der Waals surface area contributed by atoms with Gasteiger partial charge in [-0.1, -0.05) is 35.0 Å². The van der Waals surface area contributed by atoms with E-state index in [2.05, 4.69) is 27.8 Å². The molecule has 2 atom stereocenters. The van der Waals surface area contributed by atoms with Gasteiger partial charge in [0.2, 0.25) is 0 Å². The molecule has 0 bridgehead atoms. The lowest BCUT2D eigenvalue weighted by Crippen LogP contribution is -2.05. The molecule has 0 amide bonds. The minimum Gasteiger partial charge on any atom is -0.497 e. The summed E-state index contributed by atoms with van der Waals surface area (Å²) < 4.78 is 10.7. The van der Waals surface area contributed by atoms with Gasteiger partial charge in [-0.25, -0.2) is 0 Å². The van der Waals surface area contributed by atoms with E-state index in [9.17, 15) is 0 Å². The summed E-state index contributed by atoms with van der Waals surface area (Å²) in [4.78, 5) is 4.54. The first kappa shape index (κ1) is 14.9. The predicted molar refractivity (Wildman–Crippen MR) is 83.9 cm³/mol. The Morgan fingerprint density at radius 2 is 1.90 bits per heavy atom. The maximum Gasteiger partial charge on any atom is 0.126 e. The second kappa shape index (κ2) is 6.75. The molecule has 0 saturated carbocycles. The van der Waals surface area contributed by atoms with Crippen LogP contribution in [0.4, 0.5) is 0 Å². The fraction of sp³-hybridized carbons (Fsp3) is 0.312. The Balaban J connectivity index is 2.31. The van der Waals surface area contributed by atoms with E-state index in [-0.39, 0.29) is 10.7 Å². The monoisotopic (exact) mass is 335 g/mol. The smallest absolute Gasteiger partial charge is 0.126 e. The molecule has 20 heavy (non-hydrogen) atoms. The lowest BCUT2D eigenvalue weighted by molar-refractivity contribution is 0.390. The second-order valence-corrected chi connectivity index (χ2v) is 5.54. The number of rotatable bonds is 5. The Bertz CT molecular complexity index is 560. The van der Waals surface area contributed by atoms with Crippen molar-refractivity contribution in [1.82, 2.24) is 4.98 Å². The minimum absolute atomic E-state index is 0.123. The van der Waals surface area contributed by atoms with E-state index in [1.54, 1.807) is 14.2 Å². The van der Waals surface area contributed by atoms with Gasteiger partial charge >= 0.3 is 0 Å². The normalized spacial score (nSPS) is 13.6. The Morgan fingerprint density at radius 3 is 2.50 bits per heavy atom. The predicted octanol–water partition coefficient (Wildman–Crippen LogP) is 4.34. The Morgan fingerprint density at radius 1 is 1.10 bits per heavy atom. The van der Waals surface area contributed by atoms with Crippen molar-refractivity contribution in [2.75, 3.05) is 14.2 Å². The van der Waals surface area contributed by atoms with Crippen LogP contribution in [0.2, 0.25) is 0 Å². The highest BCUT2D eigenvalue weighted by atomic mass is 79.9. The Labute approximate surface area is 128 Å². The molecule has 2 rings (SSSR count). The second-order valence-electron chi connectivity index (χ2n) is 4.55. The van der Waals surface area contributed by atoms with Crippen LogP contribution in [0.25, 0.3) is 0 Å². The van der Waals surface area contributed by atoms with Crippen LogP contribution < -0.4 is 9.47 Å². The molecular weight excluding hydrogens is 318 g/mol. The largest absolute Gasteiger partial charge is 0.497 e. The molecule has 0 saturated heterocycles. The van der Waals surface area contributed by atoms with E-state index in [4.69, 9.17) is 9.47 Å². The summed E-state index contributed by atoms with van der Waals surface area (Å²) in [6.07, 6.45) is 1.82. The molecule has 0 fully saturated rings. The van der Waals surface area contributed by atoms with Crippen LogP contribution in [0.15, 0.2) is 42.6 Å². The summed E-state index contributed by atoms with van der Waals surface area (Å²) in [6, 6.07) is 11.8. The van der Waals surface area contributed by atoms with Crippen LogP contribution in [-0.4, -0.2) is 19.2 Å². The molecule has 0 N–H and O–H groups in total. The number of pyridine rings is 1. The lowest BCUT2D eigenvalue weighted by Gasteiger charge is -2.21. The number of benzene rings is 1. The average Bonchev–Trinajstić information content (AvgIpc) is 2.53. The third-order valence-corrected chi connectivity index (χ3v) is 4.62. The Hall–Kier alpha value is -1.55. The highest BCUT2D eigenvalue weighted by Gasteiger charge is 2.22. The first-order valence-corrected chi connectivity index (χ1v) is 7.36. The molecule has 0 spiro atoms. The molecule has 1 aromatic heterocycles. The summed E-state index contributed by atoms with van der Waals surface area (Å²) in [5, 5.41) is 0. The van der Waals surface area contributed by atoms with Gasteiger partial charge in [0.05, 0.1) is 19.0 Å². The van der Waals surface area contributed by atoms with E-state index < -0.39 is 0 Å². The van der Waals surface area contributed by atoms with Gasteiger partial charge in [-0.3, -0.25) is 4.98 Å². The van der Waals surface area contributed by atoms with Crippen molar-refractivity contribution in [2.45, 2.75) is 17.7 Å². The lowest BCUT2D eigenvalue weighted by atomic mass is 9.96. The molecule has 4 heteroatoms. The SMILES string of the molecule is COc1ccc(C(Br)C(C)c2ccccn2)c(OC)c1. The van der Waals surface area contributed by atoms with Gasteiger partial charge < -0.3 is 9.47 Å². The van der Waals surface area contributed by atoms with Crippen LogP contribution in [0, 0.1) is 0 Å². The van der Waals surface area contributed by atoms with Crippen LogP contribution in [0.1, 0.15) is 28.9 Å². The first-order chi connectivity index (χ1) is 9.67. The van der Waals surface area contributed by atoms with Crippen molar-refractivity contribution in [3.05, 3.63) is 53.9 Å². The van der Waals surface area contributed by atoms with Crippen LogP contribution >= 0.6 is 15.9 Å². The minimum atomic E-state index is 0.123. The number of ether oxygens (including phenoxy) is 2. The number of methoxy groups -OCH3 is 2. The van der Waals surface area contributed by atoms with Gasteiger partial charge in [0.15, 0.2) is 0 Å². The van der Waals surface area contributed by atoms with Gasteiger partial charge in [0.1, 0.15) is 11.5 Å². The zero-order chi connectivity index (χ0) is 14.5. The number of nitrogens with zero attached hydrogens (tertiary/aromatic N) is 1. The maximum atomic E-state index is 5.46. The summed E-state index contributed by atoms with van der Waals surface area (Å²) in [5.41, 5.74) is 2.14. The molecule has 0 aliphatic rings. The van der Waals surface area contributed by atoms with Gasteiger partial charge in [-0.2, -0.15) is 0 Å². The molecule has 2 aromatic rings. The third kappa shape index (κ3) is 3.12. The fourth-order valence-corrected chi connectivity index (χ4v) is 2.76. The fourth-order valence-electron chi connectivity index (χ4n) is 2.11. The quantitative estimate of drug-likeness (QED) is 0.761. The average molecular weight is 336 g/mol. The van der Waals surface area contributed by atoms with Crippen molar-refractivity contribution in [1.29, 1.82) is 0 Å². The zero-order valence-corrected chi connectivity index (χ0v) is 13.4. The number of hydrogen-bond donors (Lipinski definition) is 0. The third-order valence-electron chi connectivity index (χ3n) is 3.33. The van der Waals surface area contributed by atoms with Crippen LogP contribution in [0.5, 0.6) is 11.5 Å². The van der Waals surface area contributed by atoms with E-state index in [0.717, 1.165) is 22.8 Å². The number of hydrogen-bond acceptors (Lipinski definition) is 3. The van der Waals surface area contributed by atoms with Crippen molar-refractivity contribution in [3.63, 3.8) is 0 Å².